The number of fused-ring (bicyclic) bond motifs is 1. The van der Waals surface area contributed by atoms with Crippen LogP contribution in [0.3, 0.4) is 0 Å². The van der Waals surface area contributed by atoms with E-state index in [1.54, 1.807) is 4.90 Å². The predicted molar refractivity (Wildman–Crippen MR) is 124 cm³/mol. The van der Waals surface area contributed by atoms with Gasteiger partial charge >= 0.3 is 0 Å². The summed E-state index contributed by atoms with van der Waals surface area (Å²) in [6.07, 6.45) is 12.2. The van der Waals surface area contributed by atoms with E-state index in [1.165, 1.54) is 62.5 Å². The maximum Gasteiger partial charge on any atom is 0.290 e. The van der Waals surface area contributed by atoms with Gasteiger partial charge in [0.2, 0.25) is 5.91 Å². The van der Waals surface area contributed by atoms with E-state index in [0.717, 1.165) is 23.9 Å². The van der Waals surface area contributed by atoms with Gasteiger partial charge in [0.25, 0.3) is 5.91 Å². The first-order valence-corrected chi connectivity index (χ1v) is 12.7. The van der Waals surface area contributed by atoms with Crippen LogP contribution in [0.1, 0.15) is 97.8 Å². The molecule has 1 saturated heterocycles. The van der Waals surface area contributed by atoms with Crippen LogP contribution in [-0.4, -0.2) is 56.8 Å². The molecule has 3 saturated carbocycles. The number of hydrogen-bond donors (Lipinski definition) is 0. The number of benzene rings is 1. The van der Waals surface area contributed by atoms with E-state index in [9.17, 15) is 9.59 Å². The van der Waals surface area contributed by atoms with Crippen molar-refractivity contribution in [3.05, 3.63) is 29.1 Å². The first kappa shape index (κ1) is 20.3. The first-order valence-electron chi connectivity index (χ1n) is 12.7. The molecular weight excluding hydrogens is 400 g/mol. The van der Waals surface area contributed by atoms with Crippen LogP contribution in [0, 0.1) is 0 Å². The van der Waals surface area contributed by atoms with E-state index in [1.807, 2.05) is 16.5 Å². The van der Waals surface area contributed by atoms with Crippen molar-refractivity contribution in [2.24, 2.45) is 7.05 Å². The smallest absolute Gasteiger partial charge is 0.290 e. The molecule has 4 fully saturated rings. The van der Waals surface area contributed by atoms with Gasteiger partial charge in [-0.1, -0.05) is 31.7 Å². The minimum absolute atomic E-state index is 0.0986. The summed E-state index contributed by atoms with van der Waals surface area (Å²) in [4.78, 5) is 35.0. The molecule has 6 heteroatoms. The SMILES string of the molecule is Cn1c(C(=O)N2CCN(C3CCCCC3)C(=O)C2)nc2c(C3CCC3)cc(C3CC3)cc21. The molecule has 0 unspecified atom stereocenters. The van der Waals surface area contributed by atoms with Gasteiger partial charge in [0.15, 0.2) is 5.82 Å². The number of rotatable bonds is 4. The Balaban J connectivity index is 1.27. The van der Waals surface area contributed by atoms with Crippen LogP contribution in [0.25, 0.3) is 11.0 Å². The number of piperazine rings is 1. The molecule has 32 heavy (non-hydrogen) atoms. The van der Waals surface area contributed by atoms with E-state index in [2.05, 4.69) is 12.1 Å². The molecule has 2 aromatic rings. The number of nitrogens with zero attached hydrogens (tertiary/aromatic N) is 4. The Morgan fingerprint density at radius 2 is 1.72 bits per heavy atom. The highest BCUT2D eigenvalue weighted by Crippen LogP contribution is 2.45. The topological polar surface area (TPSA) is 58.4 Å². The number of carbonyl (C=O) groups is 2. The Morgan fingerprint density at radius 3 is 2.38 bits per heavy atom. The Morgan fingerprint density at radius 1 is 0.938 bits per heavy atom. The standard InChI is InChI=1S/C26H34N4O2/c1-28-22-15-19(17-10-11-17)14-21(18-6-5-7-18)24(22)27-25(28)26(32)29-12-13-30(23(31)16-29)20-8-3-2-4-9-20/h14-15,17-18,20H,2-13,16H2,1H3. The van der Waals surface area contributed by atoms with Gasteiger partial charge in [-0.05, 0) is 67.6 Å². The van der Waals surface area contributed by atoms with Gasteiger partial charge in [0.1, 0.15) is 6.54 Å². The third kappa shape index (κ3) is 3.43. The molecule has 0 spiro atoms. The lowest BCUT2D eigenvalue weighted by Gasteiger charge is -2.40. The second-order valence-corrected chi connectivity index (χ2v) is 10.5. The van der Waals surface area contributed by atoms with Crippen LogP contribution >= 0.6 is 0 Å². The highest BCUT2D eigenvalue weighted by Gasteiger charge is 2.35. The number of hydrogen-bond acceptors (Lipinski definition) is 3. The normalized spacial score (nSPS) is 23.1. The van der Waals surface area contributed by atoms with Crippen molar-refractivity contribution in [2.45, 2.75) is 82.1 Å². The molecule has 6 rings (SSSR count). The van der Waals surface area contributed by atoms with Crippen molar-refractivity contribution in [1.82, 2.24) is 19.4 Å². The van der Waals surface area contributed by atoms with Crippen molar-refractivity contribution < 1.29 is 9.59 Å². The second-order valence-electron chi connectivity index (χ2n) is 10.5. The summed E-state index contributed by atoms with van der Waals surface area (Å²) in [5.41, 5.74) is 4.82. The molecule has 4 aliphatic rings. The zero-order chi connectivity index (χ0) is 21.8. The molecule has 0 bridgehead atoms. The van der Waals surface area contributed by atoms with Crippen molar-refractivity contribution in [3.63, 3.8) is 0 Å². The largest absolute Gasteiger partial charge is 0.336 e. The van der Waals surface area contributed by atoms with Gasteiger partial charge < -0.3 is 14.4 Å². The van der Waals surface area contributed by atoms with Crippen molar-refractivity contribution in [3.8, 4) is 0 Å². The zero-order valence-electron chi connectivity index (χ0n) is 19.2. The molecule has 2 heterocycles. The molecule has 170 valence electrons. The van der Waals surface area contributed by atoms with Crippen LogP contribution in [0.15, 0.2) is 12.1 Å². The quantitative estimate of drug-likeness (QED) is 0.719. The number of aromatic nitrogens is 2. The summed E-state index contributed by atoms with van der Waals surface area (Å²) >= 11 is 0. The molecule has 3 aliphatic carbocycles. The fraction of sp³-hybridized carbons (Fsp3) is 0.654. The Labute approximate surface area is 190 Å². The summed E-state index contributed by atoms with van der Waals surface area (Å²) in [6.45, 7) is 1.44. The van der Waals surface area contributed by atoms with Gasteiger partial charge in [0, 0.05) is 26.2 Å². The van der Waals surface area contributed by atoms with E-state index < -0.39 is 0 Å². The van der Waals surface area contributed by atoms with Gasteiger partial charge in [-0.25, -0.2) is 4.98 Å². The summed E-state index contributed by atoms with van der Waals surface area (Å²) in [5.74, 6) is 1.73. The molecule has 0 radical (unpaired) electrons. The fourth-order valence-corrected chi connectivity index (χ4v) is 5.99. The van der Waals surface area contributed by atoms with E-state index >= 15 is 0 Å². The second kappa shape index (κ2) is 7.89. The predicted octanol–water partition coefficient (Wildman–Crippen LogP) is 4.34. The Hall–Kier alpha value is -2.37. The molecule has 6 nitrogen and oxygen atoms in total. The fourth-order valence-electron chi connectivity index (χ4n) is 5.99. The maximum absolute atomic E-state index is 13.5. The van der Waals surface area contributed by atoms with E-state index in [-0.39, 0.29) is 18.4 Å². The van der Waals surface area contributed by atoms with Crippen LogP contribution in [0.2, 0.25) is 0 Å². The van der Waals surface area contributed by atoms with Crippen LogP contribution < -0.4 is 0 Å². The summed E-state index contributed by atoms with van der Waals surface area (Å²) in [7, 11) is 1.96. The third-order valence-corrected chi connectivity index (χ3v) is 8.38. The maximum atomic E-state index is 13.5. The number of amides is 2. The average molecular weight is 435 g/mol. The summed E-state index contributed by atoms with van der Waals surface area (Å²) < 4.78 is 1.98. The van der Waals surface area contributed by atoms with Gasteiger partial charge in [-0.3, -0.25) is 9.59 Å². The van der Waals surface area contributed by atoms with Gasteiger partial charge in [-0.15, -0.1) is 0 Å². The highest BCUT2D eigenvalue weighted by atomic mass is 16.2. The van der Waals surface area contributed by atoms with E-state index in [0.29, 0.717) is 36.8 Å². The number of carbonyl (C=O) groups excluding carboxylic acids is 2. The third-order valence-electron chi connectivity index (χ3n) is 8.38. The zero-order valence-corrected chi connectivity index (χ0v) is 19.2. The summed E-state index contributed by atoms with van der Waals surface area (Å²) in [6, 6.07) is 5.00. The minimum atomic E-state index is -0.104. The number of imidazole rings is 1. The van der Waals surface area contributed by atoms with Crippen molar-refractivity contribution in [2.75, 3.05) is 19.6 Å². The molecule has 1 aromatic carbocycles. The molecule has 1 aromatic heterocycles. The molecular formula is C26H34N4O2. The minimum Gasteiger partial charge on any atom is -0.336 e. The van der Waals surface area contributed by atoms with E-state index in [4.69, 9.17) is 4.98 Å². The molecule has 0 atom stereocenters. The molecule has 1 aliphatic heterocycles. The van der Waals surface area contributed by atoms with Crippen molar-refractivity contribution >= 4 is 22.8 Å². The lowest BCUT2D eigenvalue weighted by molar-refractivity contribution is -0.138. The van der Waals surface area contributed by atoms with Crippen molar-refractivity contribution in [1.29, 1.82) is 0 Å². The Kier molecular flexibility index (Phi) is 4.99. The van der Waals surface area contributed by atoms with Gasteiger partial charge in [0.05, 0.1) is 11.0 Å². The monoisotopic (exact) mass is 434 g/mol. The average Bonchev–Trinajstić information content (AvgIpc) is 3.57. The first-order chi connectivity index (χ1) is 15.6. The van der Waals surface area contributed by atoms with Crippen LogP contribution in [0.4, 0.5) is 0 Å². The molecule has 0 N–H and O–H groups in total. The van der Waals surface area contributed by atoms with Crippen LogP contribution in [0.5, 0.6) is 0 Å². The lowest BCUT2D eigenvalue weighted by Crippen LogP contribution is -2.56. The Bertz CT molecular complexity index is 1060. The van der Waals surface area contributed by atoms with Gasteiger partial charge in [-0.2, -0.15) is 0 Å². The highest BCUT2D eigenvalue weighted by molar-refractivity contribution is 5.98. The lowest BCUT2D eigenvalue weighted by atomic mass is 9.79. The molecule has 2 amide bonds. The number of aryl methyl sites for hydroxylation is 1. The van der Waals surface area contributed by atoms with Crippen LogP contribution in [-0.2, 0) is 11.8 Å². The summed E-state index contributed by atoms with van der Waals surface area (Å²) in [5, 5.41) is 0.